The van der Waals surface area contributed by atoms with Crippen molar-refractivity contribution in [3.8, 4) is 17.0 Å². The van der Waals surface area contributed by atoms with Crippen molar-refractivity contribution in [3.63, 3.8) is 0 Å². The number of carbonyl (C=O) groups excluding carboxylic acids is 1. The van der Waals surface area contributed by atoms with E-state index in [1.54, 1.807) is 12.1 Å². The molecule has 0 N–H and O–H groups in total. The third-order valence-corrected chi connectivity index (χ3v) is 5.11. The zero-order chi connectivity index (χ0) is 20.9. The van der Waals surface area contributed by atoms with Crippen molar-refractivity contribution in [2.24, 2.45) is 0 Å². The summed E-state index contributed by atoms with van der Waals surface area (Å²) in [6.07, 6.45) is 0. The second-order valence-electron chi connectivity index (χ2n) is 6.76. The molecule has 4 rings (SSSR count). The van der Waals surface area contributed by atoms with Gasteiger partial charge in [0.2, 0.25) is 0 Å². The second kappa shape index (κ2) is 8.97. The molecule has 4 aromatic rings. The number of hydrogen-bond donors (Lipinski definition) is 0. The Bertz CT molecular complexity index is 1190. The van der Waals surface area contributed by atoms with Gasteiger partial charge >= 0.3 is 5.97 Å². The van der Waals surface area contributed by atoms with Crippen molar-refractivity contribution in [1.82, 2.24) is 4.98 Å². The number of nitrogens with zero attached hydrogens (tertiary/aromatic N) is 1. The molecule has 0 saturated heterocycles. The predicted molar refractivity (Wildman–Crippen MR) is 119 cm³/mol. The van der Waals surface area contributed by atoms with E-state index in [4.69, 9.17) is 26.1 Å². The number of rotatable bonds is 6. The Morgan fingerprint density at radius 1 is 0.900 bits per heavy atom. The van der Waals surface area contributed by atoms with Crippen molar-refractivity contribution in [2.45, 2.75) is 6.92 Å². The molecule has 0 unspecified atom stereocenters. The van der Waals surface area contributed by atoms with Crippen LogP contribution in [0.1, 0.15) is 15.9 Å². The van der Waals surface area contributed by atoms with E-state index in [0.717, 1.165) is 27.7 Å². The monoisotopic (exact) mass is 417 g/mol. The molecule has 0 fully saturated rings. The number of benzene rings is 3. The number of hydrogen-bond acceptors (Lipinski definition) is 4. The topological polar surface area (TPSA) is 48.4 Å². The summed E-state index contributed by atoms with van der Waals surface area (Å²) in [6, 6.07) is 24.6. The average Bonchev–Trinajstić information content (AvgIpc) is 2.78. The van der Waals surface area contributed by atoms with Gasteiger partial charge in [-0.25, -0.2) is 9.78 Å². The van der Waals surface area contributed by atoms with Crippen LogP contribution in [0.3, 0.4) is 0 Å². The van der Waals surface area contributed by atoms with E-state index in [0.29, 0.717) is 16.3 Å². The van der Waals surface area contributed by atoms with Crippen LogP contribution in [0.2, 0.25) is 5.02 Å². The number of para-hydroxylation sites is 2. The number of ether oxygens (including phenoxy) is 2. The van der Waals surface area contributed by atoms with Crippen LogP contribution in [-0.2, 0) is 4.74 Å². The van der Waals surface area contributed by atoms with Crippen molar-refractivity contribution in [2.75, 3.05) is 13.2 Å². The summed E-state index contributed by atoms with van der Waals surface area (Å²) >= 11 is 6.08. The molecule has 0 atom stereocenters. The molecule has 5 heteroatoms. The molecule has 1 heterocycles. The van der Waals surface area contributed by atoms with E-state index in [1.165, 1.54) is 0 Å². The molecule has 4 nitrogen and oxygen atoms in total. The SMILES string of the molecule is Cc1c(-c2ccccc2)nc2ccccc2c1C(=O)OCCOc1ccccc1Cl. The van der Waals surface area contributed by atoms with Crippen LogP contribution >= 0.6 is 11.6 Å². The number of esters is 1. The van der Waals surface area contributed by atoms with Crippen LogP contribution in [-0.4, -0.2) is 24.2 Å². The molecule has 0 aliphatic rings. The molecule has 0 amide bonds. The summed E-state index contributed by atoms with van der Waals surface area (Å²) in [4.78, 5) is 17.8. The molecule has 30 heavy (non-hydrogen) atoms. The zero-order valence-corrected chi connectivity index (χ0v) is 17.2. The largest absolute Gasteiger partial charge is 0.488 e. The van der Waals surface area contributed by atoms with Crippen LogP contribution in [0.5, 0.6) is 5.75 Å². The van der Waals surface area contributed by atoms with Crippen LogP contribution in [0.4, 0.5) is 0 Å². The maximum absolute atomic E-state index is 13.0. The smallest absolute Gasteiger partial charge is 0.339 e. The van der Waals surface area contributed by atoms with Gasteiger partial charge in [-0.3, -0.25) is 0 Å². The molecular weight excluding hydrogens is 398 g/mol. The minimum Gasteiger partial charge on any atom is -0.488 e. The number of fused-ring (bicyclic) bond motifs is 1. The Morgan fingerprint density at radius 3 is 2.40 bits per heavy atom. The van der Waals surface area contributed by atoms with Crippen molar-refractivity contribution in [1.29, 1.82) is 0 Å². The van der Waals surface area contributed by atoms with E-state index in [9.17, 15) is 4.79 Å². The molecule has 0 bridgehead atoms. The predicted octanol–water partition coefficient (Wildman–Crippen LogP) is 6.10. The summed E-state index contributed by atoms with van der Waals surface area (Å²) in [7, 11) is 0. The average molecular weight is 418 g/mol. The number of pyridine rings is 1. The number of carbonyl (C=O) groups is 1. The van der Waals surface area contributed by atoms with E-state index < -0.39 is 5.97 Å². The standard InChI is InChI=1S/C25H20ClNO3/c1-17-23(25(28)30-16-15-29-22-14-8-6-12-20(22)26)19-11-5-7-13-21(19)27-24(17)18-9-3-2-4-10-18/h2-14H,15-16H2,1H3. The highest BCUT2D eigenvalue weighted by atomic mass is 35.5. The summed E-state index contributed by atoms with van der Waals surface area (Å²) in [6.45, 7) is 2.22. The highest BCUT2D eigenvalue weighted by Crippen LogP contribution is 2.30. The second-order valence-corrected chi connectivity index (χ2v) is 7.17. The zero-order valence-electron chi connectivity index (χ0n) is 16.5. The Balaban J connectivity index is 1.58. The molecule has 0 spiro atoms. The minimum atomic E-state index is -0.397. The van der Waals surface area contributed by atoms with Crippen LogP contribution < -0.4 is 4.74 Å². The Labute approximate surface area is 180 Å². The first-order valence-electron chi connectivity index (χ1n) is 9.64. The summed E-state index contributed by atoms with van der Waals surface area (Å²) in [5.74, 6) is 0.165. The fraction of sp³-hybridized carbons (Fsp3) is 0.120. The number of halogens is 1. The van der Waals surface area contributed by atoms with E-state index in [1.807, 2.05) is 73.7 Å². The third kappa shape index (κ3) is 4.14. The molecule has 0 aliphatic heterocycles. The first-order chi connectivity index (χ1) is 14.6. The van der Waals surface area contributed by atoms with Gasteiger partial charge in [0.05, 0.1) is 21.8 Å². The minimum absolute atomic E-state index is 0.112. The maximum Gasteiger partial charge on any atom is 0.339 e. The molecule has 150 valence electrons. The fourth-order valence-corrected chi connectivity index (χ4v) is 3.56. The highest BCUT2D eigenvalue weighted by molar-refractivity contribution is 6.32. The van der Waals surface area contributed by atoms with Gasteiger partial charge in [-0.2, -0.15) is 0 Å². The lowest BCUT2D eigenvalue weighted by atomic mass is 9.98. The van der Waals surface area contributed by atoms with Crippen LogP contribution in [0, 0.1) is 6.92 Å². The van der Waals surface area contributed by atoms with Gasteiger partial charge in [0.1, 0.15) is 19.0 Å². The summed E-state index contributed by atoms with van der Waals surface area (Å²) < 4.78 is 11.1. The molecule has 1 aromatic heterocycles. The quantitative estimate of drug-likeness (QED) is 0.281. The number of aromatic nitrogens is 1. The normalized spacial score (nSPS) is 10.7. The molecule has 3 aromatic carbocycles. The first kappa shape index (κ1) is 19.9. The van der Waals surface area contributed by atoms with Gasteiger partial charge in [-0.1, -0.05) is 72.3 Å². The summed E-state index contributed by atoms with van der Waals surface area (Å²) in [5, 5.41) is 1.29. The maximum atomic E-state index is 13.0. The Hall–Kier alpha value is -3.37. The molecule has 0 saturated carbocycles. The van der Waals surface area contributed by atoms with Crippen molar-refractivity contribution < 1.29 is 14.3 Å². The van der Waals surface area contributed by atoms with Gasteiger partial charge in [-0.05, 0) is 30.7 Å². The molecule has 0 radical (unpaired) electrons. The van der Waals surface area contributed by atoms with Crippen LogP contribution in [0.15, 0.2) is 78.9 Å². The van der Waals surface area contributed by atoms with E-state index in [-0.39, 0.29) is 13.2 Å². The van der Waals surface area contributed by atoms with Crippen LogP contribution in [0.25, 0.3) is 22.2 Å². The lowest BCUT2D eigenvalue weighted by molar-refractivity contribution is 0.0452. The van der Waals surface area contributed by atoms with Gasteiger partial charge in [0.15, 0.2) is 0 Å². The van der Waals surface area contributed by atoms with Gasteiger partial charge in [0.25, 0.3) is 0 Å². The molecule has 0 aliphatic carbocycles. The van der Waals surface area contributed by atoms with Crippen molar-refractivity contribution in [3.05, 3.63) is 95.0 Å². The third-order valence-electron chi connectivity index (χ3n) is 4.80. The lowest BCUT2D eigenvalue weighted by Gasteiger charge is -2.14. The van der Waals surface area contributed by atoms with E-state index >= 15 is 0 Å². The van der Waals surface area contributed by atoms with Crippen molar-refractivity contribution >= 4 is 28.5 Å². The molecular formula is C25H20ClNO3. The fourth-order valence-electron chi connectivity index (χ4n) is 3.37. The Morgan fingerprint density at radius 2 is 1.60 bits per heavy atom. The lowest BCUT2D eigenvalue weighted by Crippen LogP contribution is -2.14. The van der Waals surface area contributed by atoms with E-state index in [2.05, 4.69) is 0 Å². The first-order valence-corrected chi connectivity index (χ1v) is 10.0. The Kier molecular flexibility index (Phi) is 5.96. The highest BCUT2D eigenvalue weighted by Gasteiger charge is 2.20. The summed E-state index contributed by atoms with van der Waals surface area (Å²) in [5.41, 5.74) is 3.79. The van der Waals surface area contributed by atoms with Gasteiger partial charge < -0.3 is 9.47 Å². The van der Waals surface area contributed by atoms with Gasteiger partial charge in [0, 0.05) is 10.9 Å². The van der Waals surface area contributed by atoms with Gasteiger partial charge in [-0.15, -0.1) is 0 Å².